The zero-order valence-corrected chi connectivity index (χ0v) is 13.8. The second-order valence-electron chi connectivity index (χ2n) is 5.51. The van der Waals surface area contributed by atoms with Gasteiger partial charge in [0.2, 0.25) is 0 Å². The molecule has 2 heterocycles. The number of carbonyl (C=O) groups is 1. The van der Waals surface area contributed by atoms with Gasteiger partial charge in [0.25, 0.3) is 5.91 Å². The van der Waals surface area contributed by atoms with Crippen molar-refractivity contribution in [3.8, 4) is 11.3 Å². The number of hydrogen-bond donors (Lipinski definition) is 1. The molecular weight excluding hydrogens is 336 g/mol. The normalized spacial score (nSPS) is 10.8. The molecule has 0 saturated heterocycles. The Balaban J connectivity index is 1.76. The molecule has 0 unspecified atom stereocenters. The number of fused-ring (bicyclic) bond motifs is 1. The molecule has 4 nitrogen and oxygen atoms in total. The minimum atomic E-state index is -0.316. The van der Waals surface area contributed by atoms with Crippen LogP contribution >= 0.6 is 11.6 Å². The van der Waals surface area contributed by atoms with Gasteiger partial charge in [0.15, 0.2) is 5.76 Å². The van der Waals surface area contributed by atoms with Crippen LogP contribution in [0.5, 0.6) is 0 Å². The van der Waals surface area contributed by atoms with Crippen LogP contribution in [0.3, 0.4) is 0 Å². The summed E-state index contributed by atoms with van der Waals surface area (Å²) in [6.45, 7) is 0. The highest BCUT2D eigenvalue weighted by molar-refractivity contribution is 6.33. The molecule has 4 aromatic rings. The number of carbonyl (C=O) groups excluding carboxylic acids is 1. The molecule has 0 atom stereocenters. The van der Waals surface area contributed by atoms with Crippen molar-refractivity contribution in [1.82, 2.24) is 4.98 Å². The molecule has 0 spiro atoms. The maximum absolute atomic E-state index is 12.2. The zero-order chi connectivity index (χ0) is 17.2. The standard InChI is InChI=1S/C20H13ClN2O2/c21-17-8-7-14(23-20(24)18-6-3-11-25-18)12-16(17)19-15-5-2-1-4-13(15)9-10-22-19/h1-12H,(H,23,24). The molecule has 1 amide bonds. The number of nitrogens with one attached hydrogen (secondary N) is 1. The van der Waals surface area contributed by atoms with Crippen molar-refractivity contribution >= 4 is 34.0 Å². The summed E-state index contributed by atoms with van der Waals surface area (Å²) in [6, 6.07) is 18.5. The highest BCUT2D eigenvalue weighted by Crippen LogP contribution is 2.33. The fourth-order valence-electron chi connectivity index (χ4n) is 2.72. The van der Waals surface area contributed by atoms with Gasteiger partial charge in [-0.3, -0.25) is 9.78 Å². The van der Waals surface area contributed by atoms with Gasteiger partial charge < -0.3 is 9.73 Å². The predicted molar refractivity (Wildman–Crippen MR) is 98.9 cm³/mol. The van der Waals surface area contributed by atoms with E-state index in [1.54, 1.807) is 30.5 Å². The van der Waals surface area contributed by atoms with E-state index in [0.717, 1.165) is 22.0 Å². The lowest BCUT2D eigenvalue weighted by Gasteiger charge is -2.10. The molecule has 4 rings (SSSR count). The van der Waals surface area contributed by atoms with Crippen LogP contribution in [-0.2, 0) is 0 Å². The molecule has 0 aliphatic rings. The van der Waals surface area contributed by atoms with Gasteiger partial charge in [-0.1, -0.05) is 35.9 Å². The largest absolute Gasteiger partial charge is 0.459 e. The molecule has 0 aliphatic carbocycles. The van der Waals surface area contributed by atoms with Crippen molar-refractivity contribution in [2.75, 3.05) is 5.32 Å². The van der Waals surface area contributed by atoms with Gasteiger partial charge in [0.05, 0.1) is 17.0 Å². The van der Waals surface area contributed by atoms with E-state index in [4.69, 9.17) is 16.0 Å². The van der Waals surface area contributed by atoms with E-state index in [0.29, 0.717) is 10.7 Å². The van der Waals surface area contributed by atoms with Crippen molar-refractivity contribution in [2.24, 2.45) is 0 Å². The van der Waals surface area contributed by atoms with Gasteiger partial charge >= 0.3 is 0 Å². The zero-order valence-electron chi connectivity index (χ0n) is 13.1. The average Bonchev–Trinajstić information content (AvgIpc) is 3.18. The number of rotatable bonds is 3. The highest BCUT2D eigenvalue weighted by Gasteiger charge is 2.13. The van der Waals surface area contributed by atoms with Crippen molar-refractivity contribution in [2.45, 2.75) is 0 Å². The summed E-state index contributed by atoms with van der Waals surface area (Å²) in [7, 11) is 0. The second kappa shape index (κ2) is 6.42. The number of aromatic nitrogens is 1. The molecule has 0 radical (unpaired) electrons. The molecule has 25 heavy (non-hydrogen) atoms. The van der Waals surface area contributed by atoms with Crippen LogP contribution < -0.4 is 5.32 Å². The van der Waals surface area contributed by atoms with Gasteiger partial charge in [-0.05, 0) is 41.8 Å². The minimum Gasteiger partial charge on any atom is -0.459 e. The summed E-state index contributed by atoms with van der Waals surface area (Å²) in [6.07, 6.45) is 3.21. The van der Waals surface area contributed by atoms with Crippen molar-refractivity contribution < 1.29 is 9.21 Å². The monoisotopic (exact) mass is 348 g/mol. The molecule has 0 aliphatic heterocycles. The number of nitrogens with zero attached hydrogens (tertiary/aromatic N) is 1. The first-order chi connectivity index (χ1) is 12.2. The Bertz CT molecular complexity index is 1050. The predicted octanol–water partition coefficient (Wildman–Crippen LogP) is 5.40. The van der Waals surface area contributed by atoms with Gasteiger partial charge in [-0.15, -0.1) is 0 Å². The maximum atomic E-state index is 12.2. The smallest absolute Gasteiger partial charge is 0.291 e. The van der Waals surface area contributed by atoms with E-state index in [2.05, 4.69) is 10.3 Å². The number of furan rings is 1. The molecular formula is C20H13ClN2O2. The summed E-state index contributed by atoms with van der Waals surface area (Å²) in [5.74, 6) is -0.0658. The summed E-state index contributed by atoms with van der Waals surface area (Å²) in [4.78, 5) is 16.7. The lowest BCUT2D eigenvalue weighted by Crippen LogP contribution is -2.10. The molecule has 2 aromatic carbocycles. The highest BCUT2D eigenvalue weighted by atomic mass is 35.5. The first-order valence-electron chi connectivity index (χ1n) is 7.71. The molecule has 5 heteroatoms. The van der Waals surface area contributed by atoms with Crippen LogP contribution in [0.25, 0.3) is 22.0 Å². The van der Waals surface area contributed by atoms with E-state index in [9.17, 15) is 4.79 Å². The lowest BCUT2D eigenvalue weighted by atomic mass is 10.0. The number of pyridine rings is 1. The molecule has 0 fully saturated rings. The second-order valence-corrected chi connectivity index (χ2v) is 5.91. The Morgan fingerprint density at radius 2 is 1.92 bits per heavy atom. The Morgan fingerprint density at radius 1 is 1.04 bits per heavy atom. The van der Waals surface area contributed by atoms with E-state index < -0.39 is 0 Å². The third-order valence-corrected chi connectivity index (χ3v) is 4.23. The number of amides is 1. The quantitative estimate of drug-likeness (QED) is 0.539. The van der Waals surface area contributed by atoms with Crippen LogP contribution in [0, 0.1) is 0 Å². The van der Waals surface area contributed by atoms with E-state index in [1.807, 2.05) is 36.4 Å². The Morgan fingerprint density at radius 3 is 2.76 bits per heavy atom. The van der Waals surface area contributed by atoms with Gasteiger partial charge in [-0.2, -0.15) is 0 Å². The van der Waals surface area contributed by atoms with E-state index in [-0.39, 0.29) is 11.7 Å². The lowest BCUT2D eigenvalue weighted by molar-refractivity contribution is 0.0996. The molecule has 122 valence electrons. The summed E-state index contributed by atoms with van der Waals surface area (Å²) in [5.41, 5.74) is 2.16. The van der Waals surface area contributed by atoms with Crippen molar-refractivity contribution in [3.63, 3.8) is 0 Å². The van der Waals surface area contributed by atoms with Crippen LogP contribution in [0.1, 0.15) is 10.6 Å². The number of hydrogen-bond acceptors (Lipinski definition) is 3. The minimum absolute atomic E-state index is 0.250. The van der Waals surface area contributed by atoms with E-state index in [1.165, 1.54) is 6.26 Å². The third kappa shape index (κ3) is 2.99. The Hall–Kier alpha value is -3.11. The fourth-order valence-corrected chi connectivity index (χ4v) is 2.93. The molecule has 1 N–H and O–H groups in total. The van der Waals surface area contributed by atoms with E-state index >= 15 is 0 Å². The first kappa shape index (κ1) is 15.4. The topological polar surface area (TPSA) is 55.1 Å². The summed E-state index contributed by atoms with van der Waals surface area (Å²) in [5, 5.41) is 5.46. The number of benzene rings is 2. The van der Waals surface area contributed by atoms with Gasteiger partial charge in [0, 0.05) is 22.8 Å². The maximum Gasteiger partial charge on any atom is 0.291 e. The number of anilines is 1. The fraction of sp³-hybridized carbons (Fsp3) is 0. The number of halogens is 1. The average molecular weight is 349 g/mol. The van der Waals surface area contributed by atoms with Crippen LogP contribution in [0.15, 0.2) is 77.5 Å². The van der Waals surface area contributed by atoms with Crippen LogP contribution in [0.2, 0.25) is 5.02 Å². The Labute approximate surface area is 149 Å². The summed E-state index contributed by atoms with van der Waals surface area (Å²) >= 11 is 6.40. The van der Waals surface area contributed by atoms with Crippen molar-refractivity contribution in [3.05, 3.63) is 83.9 Å². The Kier molecular flexibility index (Phi) is 3.96. The molecule has 0 bridgehead atoms. The van der Waals surface area contributed by atoms with Crippen LogP contribution in [-0.4, -0.2) is 10.9 Å². The van der Waals surface area contributed by atoms with Gasteiger partial charge in [-0.25, -0.2) is 0 Å². The van der Waals surface area contributed by atoms with Crippen molar-refractivity contribution in [1.29, 1.82) is 0 Å². The summed E-state index contributed by atoms with van der Waals surface area (Å²) < 4.78 is 5.11. The third-order valence-electron chi connectivity index (χ3n) is 3.90. The van der Waals surface area contributed by atoms with Crippen LogP contribution in [0.4, 0.5) is 5.69 Å². The molecule has 2 aromatic heterocycles. The molecule has 0 saturated carbocycles. The van der Waals surface area contributed by atoms with Gasteiger partial charge in [0.1, 0.15) is 0 Å². The first-order valence-corrected chi connectivity index (χ1v) is 8.09. The SMILES string of the molecule is O=C(Nc1ccc(Cl)c(-c2nccc3ccccc23)c1)c1ccco1.